The maximum atomic E-state index is 12.8. The number of rotatable bonds is 6. The normalized spacial score (nSPS) is 10.2. The third kappa shape index (κ3) is 4.58. The number of methoxy groups -OCH3 is 1. The lowest BCUT2D eigenvalue weighted by Crippen LogP contribution is -2.17. The minimum atomic E-state index is -0.458. The fourth-order valence-corrected chi connectivity index (χ4v) is 1.83. The van der Waals surface area contributed by atoms with Gasteiger partial charge in [-0.15, -0.1) is 6.42 Å². The van der Waals surface area contributed by atoms with Crippen LogP contribution < -0.4 is 14.9 Å². The molecular formula is C18H15FN2O3. The zero-order valence-corrected chi connectivity index (χ0v) is 13.0. The van der Waals surface area contributed by atoms with Crippen LogP contribution >= 0.6 is 0 Å². The number of hydrogen-bond acceptors (Lipinski definition) is 4. The van der Waals surface area contributed by atoms with Crippen molar-refractivity contribution < 1.29 is 18.7 Å². The second-order valence-electron chi connectivity index (χ2n) is 4.60. The summed E-state index contributed by atoms with van der Waals surface area (Å²) in [5, 5.41) is 3.88. The van der Waals surface area contributed by atoms with Crippen molar-refractivity contribution in [2.75, 3.05) is 13.7 Å². The van der Waals surface area contributed by atoms with E-state index in [0.29, 0.717) is 22.6 Å². The average Bonchev–Trinajstić information content (AvgIpc) is 2.61. The van der Waals surface area contributed by atoms with Crippen molar-refractivity contribution in [3.05, 3.63) is 59.4 Å². The van der Waals surface area contributed by atoms with E-state index in [9.17, 15) is 9.18 Å². The average molecular weight is 326 g/mol. The van der Waals surface area contributed by atoms with E-state index >= 15 is 0 Å². The van der Waals surface area contributed by atoms with Crippen molar-refractivity contribution in [2.24, 2.45) is 5.10 Å². The molecule has 6 heteroatoms. The highest BCUT2D eigenvalue weighted by molar-refractivity contribution is 5.95. The van der Waals surface area contributed by atoms with Gasteiger partial charge >= 0.3 is 0 Å². The predicted octanol–water partition coefficient (Wildman–Crippen LogP) is 2.61. The van der Waals surface area contributed by atoms with Crippen LogP contribution in [0.25, 0.3) is 0 Å². The van der Waals surface area contributed by atoms with Crippen LogP contribution in [0.4, 0.5) is 4.39 Å². The molecule has 0 spiro atoms. The summed E-state index contributed by atoms with van der Waals surface area (Å²) in [5.74, 6) is 2.61. The van der Waals surface area contributed by atoms with Crippen LogP contribution in [0.2, 0.25) is 0 Å². The summed E-state index contributed by atoms with van der Waals surface area (Å²) < 4.78 is 23.4. The number of hydrogen-bond donors (Lipinski definition) is 1. The largest absolute Gasteiger partial charge is 0.497 e. The zero-order chi connectivity index (χ0) is 17.4. The van der Waals surface area contributed by atoms with Crippen molar-refractivity contribution in [3.8, 4) is 23.8 Å². The summed E-state index contributed by atoms with van der Waals surface area (Å²) in [5.41, 5.74) is 3.24. The third-order valence-electron chi connectivity index (χ3n) is 3.00. The zero-order valence-electron chi connectivity index (χ0n) is 13.0. The van der Waals surface area contributed by atoms with Crippen molar-refractivity contribution in [1.82, 2.24) is 5.43 Å². The Morgan fingerprint density at radius 2 is 2.08 bits per heavy atom. The summed E-state index contributed by atoms with van der Waals surface area (Å²) in [4.78, 5) is 11.9. The van der Waals surface area contributed by atoms with E-state index < -0.39 is 11.7 Å². The molecule has 24 heavy (non-hydrogen) atoms. The molecule has 2 aromatic carbocycles. The van der Waals surface area contributed by atoms with Gasteiger partial charge in [-0.25, -0.2) is 9.82 Å². The Morgan fingerprint density at radius 3 is 2.75 bits per heavy atom. The van der Waals surface area contributed by atoms with E-state index in [-0.39, 0.29) is 6.61 Å². The SMILES string of the molecule is C#CCOc1ccc(OC)cc1/C=N\NC(=O)c1ccc(F)cc1. The van der Waals surface area contributed by atoms with Gasteiger partial charge < -0.3 is 9.47 Å². The Kier molecular flexibility index (Phi) is 5.92. The molecule has 0 aliphatic carbocycles. The summed E-state index contributed by atoms with van der Waals surface area (Å²) in [7, 11) is 1.54. The maximum absolute atomic E-state index is 12.8. The molecule has 5 nitrogen and oxygen atoms in total. The Balaban J connectivity index is 2.11. The molecule has 0 saturated heterocycles. The fourth-order valence-electron chi connectivity index (χ4n) is 1.83. The number of terminal acetylenes is 1. The van der Waals surface area contributed by atoms with Gasteiger partial charge in [0, 0.05) is 11.1 Å². The fraction of sp³-hybridized carbons (Fsp3) is 0.111. The lowest BCUT2D eigenvalue weighted by molar-refractivity contribution is 0.0955. The van der Waals surface area contributed by atoms with E-state index in [1.165, 1.54) is 37.6 Å². The Bertz CT molecular complexity index is 780. The maximum Gasteiger partial charge on any atom is 0.271 e. The van der Waals surface area contributed by atoms with Crippen molar-refractivity contribution in [3.63, 3.8) is 0 Å². The molecule has 0 radical (unpaired) electrons. The number of hydrazone groups is 1. The van der Waals surface area contributed by atoms with Gasteiger partial charge in [0.25, 0.3) is 5.91 Å². The molecule has 0 unspecified atom stereocenters. The smallest absolute Gasteiger partial charge is 0.271 e. The van der Waals surface area contributed by atoms with E-state index in [1.807, 2.05) is 0 Å². The molecule has 0 aromatic heterocycles. The first kappa shape index (κ1) is 17.0. The van der Waals surface area contributed by atoms with Crippen LogP contribution in [0, 0.1) is 18.2 Å². The first-order chi connectivity index (χ1) is 11.6. The molecule has 1 N–H and O–H groups in total. The molecule has 0 aliphatic rings. The molecule has 1 amide bonds. The van der Waals surface area contributed by atoms with Crippen molar-refractivity contribution >= 4 is 12.1 Å². The van der Waals surface area contributed by atoms with Crippen molar-refractivity contribution in [1.29, 1.82) is 0 Å². The molecule has 0 bridgehead atoms. The number of halogens is 1. The number of nitrogens with one attached hydrogen (secondary N) is 1. The minimum absolute atomic E-state index is 0.106. The van der Waals surface area contributed by atoms with Crippen LogP contribution in [0.3, 0.4) is 0 Å². The van der Waals surface area contributed by atoms with E-state index in [2.05, 4.69) is 16.4 Å². The molecule has 0 saturated carbocycles. The van der Waals surface area contributed by atoms with Crippen LogP contribution in [0.1, 0.15) is 15.9 Å². The van der Waals surface area contributed by atoms with Gasteiger partial charge in [-0.05, 0) is 42.5 Å². The highest BCUT2D eigenvalue weighted by Gasteiger charge is 2.06. The monoisotopic (exact) mass is 326 g/mol. The van der Waals surface area contributed by atoms with Gasteiger partial charge in [-0.1, -0.05) is 5.92 Å². The van der Waals surface area contributed by atoms with Gasteiger partial charge in [0.1, 0.15) is 23.9 Å². The molecule has 0 heterocycles. The Hall–Kier alpha value is -3.33. The Morgan fingerprint density at radius 1 is 1.33 bits per heavy atom. The van der Waals surface area contributed by atoms with Gasteiger partial charge in [-0.3, -0.25) is 4.79 Å². The number of ether oxygens (including phenoxy) is 2. The second kappa shape index (κ2) is 8.34. The van der Waals surface area contributed by atoms with E-state index in [4.69, 9.17) is 15.9 Å². The van der Waals surface area contributed by atoms with Gasteiger partial charge in [0.2, 0.25) is 0 Å². The number of nitrogens with zero attached hydrogens (tertiary/aromatic N) is 1. The number of carbonyl (C=O) groups excluding carboxylic acids is 1. The molecule has 2 rings (SSSR count). The minimum Gasteiger partial charge on any atom is -0.497 e. The Labute approximate surface area is 139 Å². The highest BCUT2D eigenvalue weighted by atomic mass is 19.1. The third-order valence-corrected chi connectivity index (χ3v) is 3.00. The van der Waals surface area contributed by atoms with Gasteiger partial charge in [0.05, 0.1) is 13.3 Å². The summed E-state index contributed by atoms with van der Waals surface area (Å²) in [6.45, 7) is 0.106. The lowest BCUT2D eigenvalue weighted by Gasteiger charge is -2.08. The lowest BCUT2D eigenvalue weighted by atomic mass is 10.2. The first-order valence-electron chi connectivity index (χ1n) is 6.97. The molecule has 122 valence electrons. The van der Waals surface area contributed by atoms with Crippen LogP contribution in [-0.4, -0.2) is 25.8 Å². The number of benzene rings is 2. The second-order valence-corrected chi connectivity index (χ2v) is 4.60. The summed E-state index contributed by atoms with van der Waals surface area (Å²) in [6.07, 6.45) is 6.59. The van der Waals surface area contributed by atoms with Crippen molar-refractivity contribution in [2.45, 2.75) is 0 Å². The molecule has 0 atom stereocenters. The number of amides is 1. The van der Waals surface area contributed by atoms with E-state index in [0.717, 1.165) is 0 Å². The highest BCUT2D eigenvalue weighted by Crippen LogP contribution is 2.22. The topological polar surface area (TPSA) is 59.9 Å². The molecule has 0 fully saturated rings. The standard InChI is InChI=1S/C18H15FN2O3/c1-3-10-24-17-9-8-16(23-2)11-14(17)12-20-21-18(22)13-4-6-15(19)7-5-13/h1,4-9,11-12H,10H2,2H3,(H,21,22)/b20-12-. The van der Waals surface area contributed by atoms with Crippen LogP contribution in [0.15, 0.2) is 47.6 Å². The predicted molar refractivity (Wildman–Crippen MR) is 88.8 cm³/mol. The summed E-state index contributed by atoms with van der Waals surface area (Å²) >= 11 is 0. The van der Waals surface area contributed by atoms with Crippen LogP contribution in [0.5, 0.6) is 11.5 Å². The first-order valence-corrected chi connectivity index (χ1v) is 6.97. The molecule has 0 aliphatic heterocycles. The number of carbonyl (C=O) groups is 1. The van der Waals surface area contributed by atoms with Gasteiger partial charge in [0.15, 0.2) is 0 Å². The van der Waals surface area contributed by atoms with E-state index in [1.54, 1.807) is 18.2 Å². The van der Waals surface area contributed by atoms with Gasteiger partial charge in [-0.2, -0.15) is 5.10 Å². The quantitative estimate of drug-likeness (QED) is 0.504. The summed E-state index contributed by atoms with van der Waals surface area (Å²) in [6, 6.07) is 10.2. The molecule has 2 aromatic rings. The molecular weight excluding hydrogens is 311 g/mol. The van der Waals surface area contributed by atoms with Crippen LogP contribution in [-0.2, 0) is 0 Å².